The maximum Gasteiger partial charge on any atom is 0.268 e. The molecule has 0 radical (unpaired) electrons. The van der Waals surface area contributed by atoms with E-state index < -0.39 is 0 Å². The molecule has 0 bridgehead atoms. The standard InChI is InChI=1S/C22H27BrN4O2S/c1-3-12-24-22(28)20-16-30-27(25-20)26(4-2)14-18-13-19(23)10-11-21(18)29-15-17-8-6-5-7-9-17/h5-11,13H,3-4,12,14-16H2,1-2H3,(H,24,28). The Labute approximate surface area is 190 Å². The third kappa shape index (κ3) is 6.23. The summed E-state index contributed by atoms with van der Waals surface area (Å²) in [4.78, 5) is 12.2. The van der Waals surface area contributed by atoms with Gasteiger partial charge >= 0.3 is 0 Å². The summed E-state index contributed by atoms with van der Waals surface area (Å²) in [6.07, 6.45) is 0.908. The normalized spacial score (nSPS) is 13.5. The Morgan fingerprint density at radius 3 is 2.80 bits per heavy atom. The van der Waals surface area contributed by atoms with E-state index in [-0.39, 0.29) is 5.91 Å². The highest BCUT2D eigenvalue weighted by molar-refractivity contribution is 9.10. The first-order chi connectivity index (χ1) is 14.6. The lowest BCUT2D eigenvalue weighted by atomic mass is 10.2. The second kappa shape index (κ2) is 11.4. The van der Waals surface area contributed by atoms with Gasteiger partial charge in [0.05, 0.1) is 5.75 Å². The van der Waals surface area contributed by atoms with Crippen molar-refractivity contribution in [2.75, 3.05) is 18.8 Å². The van der Waals surface area contributed by atoms with Crippen molar-refractivity contribution in [2.45, 2.75) is 33.4 Å². The summed E-state index contributed by atoms with van der Waals surface area (Å²) >= 11 is 5.09. The summed E-state index contributed by atoms with van der Waals surface area (Å²) in [7, 11) is 0. The lowest BCUT2D eigenvalue weighted by Crippen LogP contribution is -2.34. The summed E-state index contributed by atoms with van der Waals surface area (Å²) in [6, 6.07) is 16.2. The van der Waals surface area contributed by atoms with Gasteiger partial charge < -0.3 is 10.1 Å². The number of rotatable bonds is 10. The smallest absolute Gasteiger partial charge is 0.268 e. The molecule has 0 aliphatic carbocycles. The highest BCUT2D eigenvalue weighted by Gasteiger charge is 2.26. The van der Waals surface area contributed by atoms with E-state index in [9.17, 15) is 4.79 Å². The lowest BCUT2D eigenvalue weighted by molar-refractivity contribution is -0.114. The predicted octanol–water partition coefficient (Wildman–Crippen LogP) is 4.61. The second-order valence-corrected chi connectivity index (χ2v) is 8.63. The molecule has 160 valence electrons. The summed E-state index contributed by atoms with van der Waals surface area (Å²) in [6.45, 7) is 6.67. The van der Waals surface area contributed by atoms with Crippen LogP contribution in [-0.2, 0) is 17.9 Å². The maximum atomic E-state index is 12.2. The van der Waals surface area contributed by atoms with Gasteiger partial charge in [0.2, 0.25) is 0 Å². The van der Waals surface area contributed by atoms with E-state index in [1.807, 2.05) is 41.8 Å². The van der Waals surface area contributed by atoms with E-state index in [1.165, 1.54) is 11.9 Å². The molecule has 1 amide bonds. The summed E-state index contributed by atoms with van der Waals surface area (Å²) < 4.78 is 8.94. The molecule has 0 saturated carbocycles. The molecule has 0 fully saturated rings. The number of amides is 1. The average Bonchev–Trinajstić information content (AvgIpc) is 3.26. The molecule has 0 saturated heterocycles. The number of carbonyl (C=O) groups excluding carboxylic acids is 1. The number of hydrazine groups is 1. The molecule has 2 aromatic rings. The van der Waals surface area contributed by atoms with Gasteiger partial charge in [-0.3, -0.25) is 4.79 Å². The monoisotopic (exact) mass is 490 g/mol. The highest BCUT2D eigenvalue weighted by Crippen LogP contribution is 2.29. The molecule has 0 spiro atoms. The van der Waals surface area contributed by atoms with Gasteiger partial charge in [-0.1, -0.05) is 60.1 Å². The van der Waals surface area contributed by atoms with Crippen molar-refractivity contribution in [3.8, 4) is 5.75 Å². The Balaban J connectivity index is 1.70. The van der Waals surface area contributed by atoms with E-state index in [4.69, 9.17) is 4.74 Å². The minimum Gasteiger partial charge on any atom is -0.489 e. The SMILES string of the molecule is CCCNC(=O)C1=NN(N(CC)Cc2cc(Br)ccc2OCc2ccccc2)SC1. The van der Waals surface area contributed by atoms with Crippen LogP contribution in [0.15, 0.2) is 58.1 Å². The Morgan fingerprint density at radius 2 is 2.07 bits per heavy atom. The van der Waals surface area contributed by atoms with Crippen LogP contribution in [0.3, 0.4) is 0 Å². The van der Waals surface area contributed by atoms with Crippen molar-refractivity contribution in [2.24, 2.45) is 5.10 Å². The van der Waals surface area contributed by atoms with Gasteiger partial charge in [-0.2, -0.15) is 9.53 Å². The minimum atomic E-state index is -0.0859. The summed E-state index contributed by atoms with van der Waals surface area (Å²) in [5.41, 5.74) is 2.74. The van der Waals surface area contributed by atoms with Crippen LogP contribution in [0.2, 0.25) is 0 Å². The van der Waals surface area contributed by atoms with E-state index in [2.05, 4.69) is 56.5 Å². The third-order valence-corrected chi connectivity index (χ3v) is 5.98. The first kappa shape index (κ1) is 22.7. The Bertz CT molecular complexity index is 879. The number of nitrogens with zero attached hydrogens (tertiary/aromatic N) is 3. The van der Waals surface area contributed by atoms with Gasteiger partial charge in [-0.05, 0) is 42.1 Å². The molecular weight excluding hydrogens is 464 g/mol. The molecule has 0 aromatic heterocycles. The molecule has 3 rings (SSSR count). The number of carbonyl (C=O) groups is 1. The summed E-state index contributed by atoms with van der Waals surface area (Å²) in [5.74, 6) is 1.33. The molecule has 0 unspecified atom stereocenters. The number of halogens is 1. The fraction of sp³-hybridized carbons (Fsp3) is 0.364. The van der Waals surface area contributed by atoms with Crippen molar-refractivity contribution in [1.82, 2.24) is 14.8 Å². The van der Waals surface area contributed by atoms with Gasteiger partial charge in [0.15, 0.2) is 0 Å². The van der Waals surface area contributed by atoms with Crippen LogP contribution in [0.25, 0.3) is 0 Å². The number of hydrogen-bond donors (Lipinski definition) is 1. The van der Waals surface area contributed by atoms with Gasteiger partial charge in [0.25, 0.3) is 5.91 Å². The van der Waals surface area contributed by atoms with Gasteiger partial charge in [-0.25, -0.2) is 0 Å². The quantitative estimate of drug-likeness (QED) is 0.492. The van der Waals surface area contributed by atoms with E-state index >= 15 is 0 Å². The van der Waals surface area contributed by atoms with Crippen molar-refractivity contribution in [3.05, 3.63) is 64.1 Å². The van der Waals surface area contributed by atoms with E-state index in [1.54, 1.807) is 0 Å². The van der Waals surface area contributed by atoms with Crippen molar-refractivity contribution >= 4 is 39.5 Å². The lowest BCUT2D eigenvalue weighted by Gasteiger charge is -2.28. The third-order valence-electron chi connectivity index (χ3n) is 4.54. The average molecular weight is 491 g/mol. The molecule has 1 heterocycles. The zero-order valence-corrected chi connectivity index (χ0v) is 19.7. The minimum absolute atomic E-state index is 0.0859. The van der Waals surface area contributed by atoms with Gasteiger partial charge in [0, 0.05) is 29.7 Å². The Hall–Kier alpha value is -2.03. The zero-order valence-electron chi connectivity index (χ0n) is 17.3. The molecule has 2 aromatic carbocycles. The highest BCUT2D eigenvalue weighted by atomic mass is 79.9. The molecule has 1 N–H and O–H groups in total. The number of benzene rings is 2. The van der Waals surface area contributed by atoms with Crippen molar-refractivity contribution < 1.29 is 9.53 Å². The number of hydrogen-bond acceptors (Lipinski definition) is 6. The molecule has 6 nitrogen and oxygen atoms in total. The predicted molar refractivity (Wildman–Crippen MR) is 126 cm³/mol. The largest absolute Gasteiger partial charge is 0.489 e. The first-order valence-electron chi connectivity index (χ1n) is 10.1. The van der Waals surface area contributed by atoms with Crippen molar-refractivity contribution in [3.63, 3.8) is 0 Å². The fourth-order valence-electron chi connectivity index (χ4n) is 2.91. The van der Waals surface area contributed by atoms with Crippen LogP contribution in [0.4, 0.5) is 0 Å². The topological polar surface area (TPSA) is 57.2 Å². The van der Waals surface area contributed by atoms with E-state index in [0.717, 1.165) is 34.3 Å². The molecule has 1 aliphatic heterocycles. The molecular formula is C22H27BrN4O2S. The summed E-state index contributed by atoms with van der Waals surface area (Å²) in [5, 5.41) is 9.52. The fourth-order valence-corrected chi connectivity index (χ4v) is 4.24. The molecule has 1 aliphatic rings. The molecule has 0 atom stereocenters. The van der Waals surface area contributed by atoms with Crippen LogP contribution >= 0.6 is 27.9 Å². The second-order valence-electron chi connectivity index (χ2n) is 6.84. The van der Waals surface area contributed by atoms with E-state index in [0.29, 0.717) is 31.2 Å². The van der Waals surface area contributed by atoms with Crippen molar-refractivity contribution in [1.29, 1.82) is 0 Å². The maximum absolute atomic E-state index is 12.2. The van der Waals surface area contributed by atoms with Crippen LogP contribution < -0.4 is 10.1 Å². The van der Waals surface area contributed by atoms with Gasteiger partial charge in [-0.15, -0.1) is 5.10 Å². The number of hydrazone groups is 1. The molecule has 8 heteroatoms. The molecule has 30 heavy (non-hydrogen) atoms. The number of nitrogens with one attached hydrogen (secondary N) is 1. The van der Waals surface area contributed by atoms with Crippen LogP contribution in [0.5, 0.6) is 5.75 Å². The Kier molecular flexibility index (Phi) is 8.60. The first-order valence-corrected chi connectivity index (χ1v) is 11.8. The number of ether oxygens (including phenoxy) is 1. The van der Waals surface area contributed by atoms with Gasteiger partial charge in [0.1, 0.15) is 18.1 Å². The Morgan fingerprint density at radius 1 is 1.27 bits per heavy atom. The van der Waals surface area contributed by atoms with Crippen LogP contribution in [0.1, 0.15) is 31.4 Å². The van der Waals surface area contributed by atoms with Crippen LogP contribution in [-0.4, -0.2) is 40.0 Å². The van der Waals surface area contributed by atoms with Crippen LogP contribution in [0, 0.1) is 0 Å². The zero-order chi connectivity index (χ0) is 21.3.